The summed E-state index contributed by atoms with van der Waals surface area (Å²) in [7, 11) is 0. The van der Waals surface area contributed by atoms with E-state index in [-0.39, 0.29) is 12.1 Å². The molecule has 1 unspecified atom stereocenters. The third kappa shape index (κ3) is 5.99. The number of hydrogen-bond acceptors (Lipinski definition) is 5. The highest BCUT2D eigenvalue weighted by Crippen LogP contribution is 2.21. The van der Waals surface area contributed by atoms with Crippen LogP contribution in [0.2, 0.25) is 0 Å². The van der Waals surface area contributed by atoms with Gasteiger partial charge in [0, 0.05) is 37.8 Å². The van der Waals surface area contributed by atoms with Crippen molar-refractivity contribution >= 4 is 6.09 Å². The molecule has 0 aromatic heterocycles. The third-order valence-electron chi connectivity index (χ3n) is 4.83. The minimum Gasteiger partial charge on any atom is -0.445 e. The first-order valence-electron chi connectivity index (χ1n) is 9.22. The fraction of sp³-hybridized carbons (Fsp3) is 0.632. The molecule has 3 rings (SSSR count). The lowest BCUT2D eigenvalue weighted by atomic mass is 9.86. The summed E-state index contributed by atoms with van der Waals surface area (Å²) in [4.78, 5) is 14.3. The highest BCUT2D eigenvalue weighted by molar-refractivity contribution is 5.67. The van der Waals surface area contributed by atoms with Crippen molar-refractivity contribution < 1.29 is 14.3 Å². The smallest absolute Gasteiger partial charge is 0.407 e. The highest BCUT2D eigenvalue weighted by Gasteiger charge is 2.31. The number of amides is 1. The third-order valence-corrected chi connectivity index (χ3v) is 4.83. The SMILES string of the molecule is CC(CN1CCOCC1)NC1CC(NC(=O)OCc2ccccc2)C1. The highest BCUT2D eigenvalue weighted by atomic mass is 16.5. The van der Waals surface area contributed by atoms with Crippen LogP contribution in [0.1, 0.15) is 25.3 Å². The van der Waals surface area contributed by atoms with Gasteiger partial charge in [-0.15, -0.1) is 0 Å². The zero-order chi connectivity index (χ0) is 17.5. The molecule has 0 spiro atoms. The van der Waals surface area contributed by atoms with Gasteiger partial charge in [-0.3, -0.25) is 4.90 Å². The van der Waals surface area contributed by atoms with Gasteiger partial charge in [0.2, 0.25) is 0 Å². The number of ether oxygens (including phenoxy) is 2. The van der Waals surface area contributed by atoms with E-state index in [1.54, 1.807) is 0 Å². The lowest BCUT2D eigenvalue weighted by molar-refractivity contribution is 0.0328. The Kier molecular flexibility index (Phi) is 6.67. The Morgan fingerprint density at radius 1 is 1.24 bits per heavy atom. The molecule has 0 radical (unpaired) electrons. The molecule has 2 N–H and O–H groups in total. The summed E-state index contributed by atoms with van der Waals surface area (Å²) in [5.41, 5.74) is 1.00. The van der Waals surface area contributed by atoms with E-state index >= 15 is 0 Å². The van der Waals surface area contributed by atoms with Gasteiger partial charge in [0.15, 0.2) is 0 Å². The number of nitrogens with zero attached hydrogens (tertiary/aromatic N) is 1. The van der Waals surface area contributed by atoms with E-state index in [0.29, 0.717) is 18.7 Å². The van der Waals surface area contributed by atoms with Crippen molar-refractivity contribution in [3.05, 3.63) is 35.9 Å². The van der Waals surface area contributed by atoms with Crippen LogP contribution in [0.15, 0.2) is 30.3 Å². The quantitative estimate of drug-likeness (QED) is 0.787. The van der Waals surface area contributed by atoms with Crippen LogP contribution in [0.3, 0.4) is 0 Å². The zero-order valence-electron chi connectivity index (χ0n) is 14.9. The molecule has 6 nitrogen and oxygen atoms in total. The molecular formula is C19H29N3O3. The van der Waals surface area contributed by atoms with Crippen molar-refractivity contribution in [2.75, 3.05) is 32.8 Å². The number of alkyl carbamates (subject to hydrolysis) is 1. The molecule has 2 fully saturated rings. The summed E-state index contributed by atoms with van der Waals surface area (Å²) in [6.07, 6.45) is 1.61. The first-order chi connectivity index (χ1) is 12.2. The second-order valence-corrected chi connectivity index (χ2v) is 7.05. The van der Waals surface area contributed by atoms with Crippen LogP contribution < -0.4 is 10.6 Å². The number of carbonyl (C=O) groups excluding carboxylic acids is 1. The lowest BCUT2D eigenvalue weighted by Crippen LogP contribution is -2.56. The van der Waals surface area contributed by atoms with Gasteiger partial charge < -0.3 is 20.1 Å². The molecule has 1 saturated carbocycles. The minimum atomic E-state index is -0.325. The number of hydrogen-bond donors (Lipinski definition) is 2. The predicted octanol–water partition coefficient (Wildman–Crippen LogP) is 1.75. The normalized spacial score (nSPS) is 25.0. The van der Waals surface area contributed by atoms with Gasteiger partial charge in [-0.05, 0) is 25.3 Å². The Bertz CT molecular complexity index is 528. The number of nitrogens with one attached hydrogen (secondary N) is 2. The molecule has 25 heavy (non-hydrogen) atoms. The minimum absolute atomic E-state index is 0.219. The van der Waals surface area contributed by atoms with Gasteiger partial charge in [-0.25, -0.2) is 4.79 Å². The second kappa shape index (κ2) is 9.17. The van der Waals surface area contributed by atoms with Crippen LogP contribution in [0.25, 0.3) is 0 Å². The van der Waals surface area contributed by atoms with Gasteiger partial charge in [0.1, 0.15) is 6.61 Å². The van der Waals surface area contributed by atoms with E-state index in [4.69, 9.17) is 9.47 Å². The molecule has 0 bridgehead atoms. The number of morpholine rings is 1. The fourth-order valence-electron chi connectivity index (χ4n) is 3.43. The van der Waals surface area contributed by atoms with Crippen LogP contribution in [0, 0.1) is 0 Å². The van der Waals surface area contributed by atoms with Crippen molar-refractivity contribution in [2.45, 2.75) is 44.5 Å². The summed E-state index contributed by atoms with van der Waals surface area (Å²) >= 11 is 0. The number of rotatable bonds is 7. The molecule has 1 heterocycles. The Labute approximate surface area is 149 Å². The van der Waals surface area contributed by atoms with Crippen molar-refractivity contribution in [1.29, 1.82) is 0 Å². The average Bonchev–Trinajstić information content (AvgIpc) is 2.60. The molecular weight excluding hydrogens is 318 g/mol. The molecule has 1 aliphatic heterocycles. The van der Waals surface area contributed by atoms with E-state index in [1.165, 1.54) is 0 Å². The molecule has 1 amide bonds. The van der Waals surface area contributed by atoms with E-state index in [0.717, 1.165) is 51.3 Å². The average molecular weight is 347 g/mol. The Morgan fingerprint density at radius 3 is 2.68 bits per heavy atom. The standard InChI is InChI=1S/C19H29N3O3/c1-15(13-22-7-9-24-10-8-22)20-17-11-18(12-17)21-19(23)25-14-16-5-3-2-4-6-16/h2-6,15,17-18,20H,7-14H2,1H3,(H,21,23). The van der Waals surface area contributed by atoms with Crippen molar-refractivity contribution in [2.24, 2.45) is 0 Å². The molecule has 1 atom stereocenters. The predicted molar refractivity (Wildman–Crippen MR) is 96.4 cm³/mol. The lowest BCUT2D eigenvalue weighted by Gasteiger charge is -2.39. The van der Waals surface area contributed by atoms with Gasteiger partial charge in [0.25, 0.3) is 0 Å². The monoisotopic (exact) mass is 347 g/mol. The maximum Gasteiger partial charge on any atom is 0.407 e. The Morgan fingerprint density at radius 2 is 1.96 bits per heavy atom. The molecule has 6 heteroatoms. The molecule has 138 valence electrons. The van der Waals surface area contributed by atoms with E-state index < -0.39 is 0 Å². The summed E-state index contributed by atoms with van der Waals surface area (Å²) < 4.78 is 10.6. The van der Waals surface area contributed by atoms with E-state index in [9.17, 15) is 4.79 Å². The molecule has 1 saturated heterocycles. The largest absolute Gasteiger partial charge is 0.445 e. The summed E-state index contributed by atoms with van der Waals surface area (Å²) in [6.45, 7) is 7.32. The van der Waals surface area contributed by atoms with Gasteiger partial charge >= 0.3 is 6.09 Å². The summed E-state index contributed by atoms with van der Waals surface area (Å²) in [5, 5.41) is 6.59. The van der Waals surface area contributed by atoms with E-state index in [2.05, 4.69) is 22.5 Å². The van der Waals surface area contributed by atoms with Crippen LogP contribution in [0.5, 0.6) is 0 Å². The molecule has 1 aliphatic carbocycles. The van der Waals surface area contributed by atoms with Gasteiger partial charge in [-0.1, -0.05) is 30.3 Å². The van der Waals surface area contributed by atoms with Gasteiger partial charge in [-0.2, -0.15) is 0 Å². The van der Waals surface area contributed by atoms with Gasteiger partial charge in [0.05, 0.1) is 13.2 Å². The first kappa shape index (κ1) is 18.2. The van der Waals surface area contributed by atoms with Crippen molar-refractivity contribution in [3.8, 4) is 0 Å². The zero-order valence-corrected chi connectivity index (χ0v) is 14.9. The second-order valence-electron chi connectivity index (χ2n) is 7.05. The Hall–Kier alpha value is -1.63. The van der Waals surface area contributed by atoms with Crippen LogP contribution in [-0.4, -0.2) is 62.0 Å². The summed E-state index contributed by atoms with van der Waals surface area (Å²) in [5.74, 6) is 0. The first-order valence-corrected chi connectivity index (χ1v) is 9.22. The van der Waals surface area contributed by atoms with Crippen LogP contribution in [-0.2, 0) is 16.1 Å². The molecule has 1 aromatic carbocycles. The molecule has 2 aliphatic rings. The number of carbonyl (C=O) groups is 1. The summed E-state index contributed by atoms with van der Waals surface area (Å²) in [6, 6.07) is 10.9. The maximum absolute atomic E-state index is 11.8. The molecule has 1 aromatic rings. The van der Waals surface area contributed by atoms with Crippen molar-refractivity contribution in [1.82, 2.24) is 15.5 Å². The maximum atomic E-state index is 11.8. The fourth-order valence-corrected chi connectivity index (χ4v) is 3.43. The van der Waals surface area contributed by atoms with Crippen LogP contribution in [0.4, 0.5) is 4.79 Å². The topological polar surface area (TPSA) is 62.8 Å². The van der Waals surface area contributed by atoms with Crippen molar-refractivity contribution in [3.63, 3.8) is 0 Å². The van der Waals surface area contributed by atoms with E-state index in [1.807, 2.05) is 30.3 Å². The van der Waals surface area contributed by atoms with Crippen LogP contribution >= 0.6 is 0 Å². The Balaban J connectivity index is 1.26. The number of benzene rings is 1.